The van der Waals surface area contributed by atoms with Crippen LogP contribution in [-0.4, -0.2) is 66.4 Å². The van der Waals surface area contributed by atoms with Crippen molar-refractivity contribution < 1.29 is 18.8 Å². The van der Waals surface area contributed by atoms with Crippen LogP contribution in [0.2, 0.25) is 23.3 Å². The predicted molar refractivity (Wildman–Crippen MR) is 186 cm³/mol. The molecule has 1 aromatic heterocycles. The van der Waals surface area contributed by atoms with Crippen molar-refractivity contribution in [2.75, 3.05) is 13.6 Å². The van der Waals surface area contributed by atoms with E-state index in [0.717, 1.165) is 29.5 Å². The van der Waals surface area contributed by atoms with Crippen LogP contribution < -0.4 is 10.9 Å². The van der Waals surface area contributed by atoms with Gasteiger partial charge in [0.1, 0.15) is 10.8 Å². The number of ether oxygens (including phenoxy) is 1. The molecule has 2 aliphatic heterocycles. The Kier molecular flexibility index (Phi) is 11.0. The van der Waals surface area contributed by atoms with Gasteiger partial charge in [-0.15, -0.1) is 0 Å². The van der Waals surface area contributed by atoms with E-state index in [9.17, 15) is 9.59 Å². The average molecular weight is 668 g/mol. The van der Waals surface area contributed by atoms with Gasteiger partial charge in [0.15, 0.2) is 8.32 Å². The summed E-state index contributed by atoms with van der Waals surface area (Å²) in [5, 5.41) is 0.374. The first-order chi connectivity index (χ1) is 21.4. The number of carbonyl (C=O) groups excluding carboxylic acids is 2. The maximum atomic E-state index is 14.0. The summed E-state index contributed by atoms with van der Waals surface area (Å²) in [5.41, 5.74) is 8.71. The minimum atomic E-state index is -2.27. The van der Waals surface area contributed by atoms with Gasteiger partial charge >= 0.3 is 6.09 Å². The fourth-order valence-corrected chi connectivity index (χ4v) is 6.92. The summed E-state index contributed by atoms with van der Waals surface area (Å²) in [6.45, 7) is 17.2. The van der Waals surface area contributed by atoms with E-state index in [1.807, 2.05) is 68.3 Å². The Morgan fingerprint density at radius 1 is 1.07 bits per heavy atom. The predicted octanol–water partition coefficient (Wildman–Crippen LogP) is 7.39. The molecule has 2 amide bonds. The van der Waals surface area contributed by atoms with Crippen LogP contribution in [0, 0.1) is 0 Å². The van der Waals surface area contributed by atoms with Gasteiger partial charge in [-0.05, 0) is 93.6 Å². The molecule has 46 heavy (non-hydrogen) atoms. The van der Waals surface area contributed by atoms with E-state index in [0.29, 0.717) is 23.7 Å². The molecule has 4 rings (SSSR count). The molecule has 2 N–H and O–H groups in total. The lowest BCUT2D eigenvalue weighted by molar-refractivity contribution is -0.00244. The van der Waals surface area contributed by atoms with Crippen LogP contribution in [0.4, 0.5) is 4.79 Å². The molecule has 9 nitrogen and oxygen atoms in total. The number of nitrogens with zero attached hydrogens (tertiary/aromatic N) is 3. The van der Waals surface area contributed by atoms with Crippen LogP contribution in [-0.2, 0) is 15.6 Å². The fourth-order valence-electron chi connectivity index (χ4n) is 5.53. The molecule has 2 aliphatic rings. The third-order valence-electron chi connectivity index (χ3n) is 8.97. The molecule has 1 fully saturated rings. The van der Waals surface area contributed by atoms with E-state index in [4.69, 9.17) is 20.8 Å². The number of hydrogen-bond acceptors (Lipinski definition) is 7. The second-order valence-electron chi connectivity index (χ2n) is 14.8. The molecule has 0 bridgehead atoms. The van der Waals surface area contributed by atoms with Gasteiger partial charge in [-0.2, -0.15) is 0 Å². The number of carbonyl (C=O) groups is 2. The number of nitrogens with one attached hydrogen (secondary N) is 2. The van der Waals surface area contributed by atoms with Crippen LogP contribution in [0.1, 0.15) is 82.0 Å². The van der Waals surface area contributed by atoms with Crippen molar-refractivity contribution in [3.05, 3.63) is 88.5 Å². The number of likely N-dealkylation sites (N-methyl/N-ethyl adjacent to an activating group) is 1. The zero-order chi connectivity index (χ0) is 33.9. The summed E-state index contributed by atoms with van der Waals surface area (Å²) in [4.78, 5) is 35.1. The molecule has 3 heterocycles. The summed E-state index contributed by atoms with van der Waals surface area (Å²) >= 11 is 6.18. The summed E-state index contributed by atoms with van der Waals surface area (Å²) < 4.78 is 13.1. The van der Waals surface area contributed by atoms with Crippen molar-refractivity contribution in [2.24, 2.45) is 0 Å². The molecular formula is C35H50ClN5O4Si. The monoisotopic (exact) mass is 667 g/mol. The summed E-state index contributed by atoms with van der Waals surface area (Å²) in [6.07, 6.45) is 8.76. The third kappa shape index (κ3) is 8.92. The van der Waals surface area contributed by atoms with Gasteiger partial charge in [0.25, 0.3) is 5.91 Å². The lowest BCUT2D eigenvalue weighted by Gasteiger charge is -2.43. The highest BCUT2D eigenvalue weighted by molar-refractivity contribution is 6.74. The van der Waals surface area contributed by atoms with Crippen molar-refractivity contribution in [3.63, 3.8) is 0 Å². The van der Waals surface area contributed by atoms with E-state index in [-0.39, 0.29) is 35.2 Å². The maximum absolute atomic E-state index is 14.0. The van der Waals surface area contributed by atoms with Crippen LogP contribution in [0.5, 0.6) is 0 Å². The zero-order valence-electron chi connectivity index (χ0n) is 28.7. The summed E-state index contributed by atoms with van der Waals surface area (Å²) in [6, 6.07) is 11.1. The lowest BCUT2D eigenvalue weighted by atomic mass is 10.0. The summed E-state index contributed by atoms with van der Waals surface area (Å²) in [7, 11) is -0.475. The van der Waals surface area contributed by atoms with Gasteiger partial charge in [-0.25, -0.2) is 9.78 Å². The molecule has 3 atom stereocenters. The minimum absolute atomic E-state index is 0.0365. The second kappa shape index (κ2) is 14.2. The normalized spacial score (nSPS) is 19.2. The molecule has 0 unspecified atom stereocenters. The zero-order valence-corrected chi connectivity index (χ0v) is 30.4. The number of likely N-dealkylation sites (tertiary alicyclic amines) is 1. The third-order valence-corrected chi connectivity index (χ3v) is 13.6. The maximum Gasteiger partial charge on any atom is 0.410 e. The van der Waals surface area contributed by atoms with Gasteiger partial charge in [0, 0.05) is 49.4 Å². The topological polar surface area (TPSA) is 96.0 Å². The quantitative estimate of drug-likeness (QED) is 0.213. The fraction of sp³-hybridized carbons (Fsp3) is 0.514. The highest BCUT2D eigenvalue weighted by Crippen LogP contribution is 2.44. The van der Waals surface area contributed by atoms with Gasteiger partial charge in [0.05, 0.1) is 12.1 Å². The average Bonchev–Trinajstić information content (AvgIpc) is 3.39. The number of benzene rings is 1. The first-order valence-corrected chi connectivity index (χ1v) is 19.3. The van der Waals surface area contributed by atoms with E-state index >= 15 is 0 Å². The van der Waals surface area contributed by atoms with Crippen LogP contribution in [0.3, 0.4) is 0 Å². The first kappa shape index (κ1) is 35.5. The Morgan fingerprint density at radius 2 is 1.76 bits per heavy atom. The molecule has 2 aromatic rings. The van der Waals surface area contributed by atoms with Gasteiger partial charge in [-0.3, -0.25) is 9.69 Å². The van der Waals surface area contributed by atoms with E-state index < -0.39 is 13.9 Å². The number of hydrogen-bond donors (Lipinski definition) is 2. The van der Waals surface area contributed by atoms with Crippen molar-refractivity contribution in [1.29, 1.82) is 0 Å². The van der Waals surface area contributed by atoms with Gasteiger partial charge < -0.3 is 24.9 Å². The number of hydrazine groups is 1. The molecule has 0 aliphatic carbocycles. The molecular weight excluding hydrogens is 618 g/mol. The molecule has 1 aromatic carbocycles. The van der Waals surface area contributed by atoms with E-state index in [1.165, 1.54) is 0 Å². The van der Waals surface area contributed by atoms with Crippen LogP contribution >= 0.6 is 11.6 Å². The first-order valence-electron chi connectivity index (χ1n) is 16.0. The Hall–Kier alpha value is -3.34. The number of amides is 2. The summed E-state index contributed by atoms with van der Waals surface area (Å²) in [5.74, 6) is -0.0575. The number of pyridine rings is 1. The van der Waals surface area contributed by atoms with Gasteiger partial charge in [-0.1, -0.05) is 50.6 Å². The Labute approximate surface area is 280 Å². The molecule has 0 radical (unpaired) electrons. The largest absolute Gasteiger partial charge is 0.444 e. The standard InChI is InChI=1S/C35H50ClN5O4Si/c1-34(2,3)44-33(43)41-28(20-24-10-12-26(13-11-24)32(42)40(7)23-25-18-19-38-39-21-25)15-16-29(41)31(27-14-17-30(36)37-22-27)45-46(8,9)35(4,5)6/h10-14,17-19,21-22,28-29,31,38-39H,15-16,20,23H2,1-9H3/t28-,29+,31+/m0/s1. The van der Waals surface area contributed by atoms with E-state index in [1.54, 1.807) is 30.4 Å². The number of halogens is 1. The molecule has 11 heteroatoms. The van der Waals surface area contributed by atoms with Crippen molar-refractivity contribution in [3.8, 4) is 0 Å². The Balaban J connectivity index is 1.59. The molecule has 0 spiro atoms. The van der Waals surface area contributed by atoms with Crippen LogP contribution in [0.15, 0.2) is 66.6 Å². The minimum Gasteiger partial charge on any atom is -0.444 e. The van der Waals surface area contributed by atoms with Crippen molar-refractivity contribution in [2.45, 2.75) is 103 Å². The molecule has 250 valence electrons. The smallest absolute Gasteiger partial charge is 0.410 e. The highest BCUT2D eigenvalue weighted by atomic mass is 35.5. The van der Waals surface area contributed by atoms with Gasteiger partial charge in [0.2, 0.25) is 0 Å². The van der Waals surface area contributed by atoms with Crippen molar-refractivity contribution in [1.82, 2.24) is 25.6 Å². The lowest BCUT2D eigenvalue weighted by Crippen LogP contribution is -2.50. The Bertz CT molecular complexity index is 1430. The highest BCUT2D eigenvalue weighted by Gasteiger charge is 2.47. The SMILES string of the molecule is CN(CC1=CNNC=C1)C(=O)c1ccc(C[C@@H]2CC[C@H]([C@H](O[Si](C)(C)C(C)(C)C)c3ccc(Cl)nc3)N2C(=O)OC(C)(C)C)cc1. The molecule has 1 saturated heterocycles. The molecule has 0 saturated carbocycles. The number of aromatic nitrogens is 1. The van der Waals surface area contributed by atoms with Crippen molar-refractivity contribution >= 4 is 31.9 Å². The Morgan fingerprint density at radius 3 is 2.33 bits per heavy atom. The number of rotatable bonds is 9. The second-order valence-corrected chi connectivity index (χ2v) is 19.9. The van der Waals surface area contributed by atoms with E-state index in [2.05, 4.69) is 49.7 Å². The van der Waals surface area contributed by atoms with Crippen LogP contribution in [0.25, 0.3) is 0 Å².